The van der Waals surface area contributed by atoms with Gasteiger partial charge in [0.2, 0.25) is 5.95 Å². The first-order chi connectivity index (χ1) is 7.13. The van der Waals surface area contributed by atoms with Gasteiger partial charge in [0.25, 0.3) is 0 Å². The van der Waals surface area contributed by atoms with Crippen molar-refractivity contribution < 1.29 is 4.39 Å². The van der Waals surface area contributed by atoms with E-state index >= 15 is 0 Å². The highest BCUT2D eigenvalue weighted by Crippen LogP contribution is 2.12. The molecule has 0 aliphatic heterocycles. The van der Waals surface area contributed by atoms with E-state index < -0.39 is 5.82 Å². The van der Waals surface area contributed by atoms with Crippen molar-refractivity contribution in [2.45, 2.75) is 18.6 Å². The third kappa shape index (κ3) is 3.91. The Morgan fingerprint density at radius 2 is 2.40 bits per heavy atom. The monoisotopic (exact) mass is 230 g/mol. The number of nitrogens with two attached hydrogens (primary N) is 1. The lowest BCUT2D eigenvalue weighted by Crippen LogP contribution is -2.11. The maximum atomic E-state index is 13.1. The molecule has 1 atom stereocenters. The molecule has 0 radical (unpaired) electrons. The molecule has 15 heavy (non-hydrogen) atoms. The molecule has 3 N–H and O–H groups in total. The molecule has 0 aliphatic rings. The average Bonchev–Trinajstić information content (AvgIpc) is 2.23. The summed E-state index contributed by atoms with van der Waals surface area (Å²) >= 11 is 1.78. The van der Waals surface area contributed by atoms with Crippen molar-refractivity contribution in [1.29, 1.82) is 0 Å². The predicted molar refractivity (Wildman–Crippen MR) is 62.5 cm³/mol. The molecular formula is C9H15FN4S. The minimum absolute atomic E-state index is 0.0804. The first-order valence-corrected chi connectivity index (χ1v) is 5.97. The Morgan fingerprint density at radius 3 is 3.07 bits per heavy atom. The third-order valence-electron chi connectivity index (χ3n) is 2.01. The number of hydrogen-bond donors (Lipinski definition) is 2. The topological polar surface area (TPSA) is 63.8 Å². The molecule has 4 nitrogen and oxygen atoms in total. The summed E-state index contributed by atoms with van der Waals surface area (Å²) in [6, 6.07) is 0. The largest absolute Gasteiger partial charge is 0.368 e. The minimum atomic E-state index is -0.471. The van der Waals surface area contributed by atoms with Crippen LogP contribution in [0.4, 0.5) is 16.2 Å². The normalized spacial score (nSPS) is 12.5. The predicted octanol–water partition coefficient (Wildman–Crippen LogP) is 1.75. The number of nitrogens with one attached hydrogen (secondary N) is 1. The number of rotatable bonds is 5. The van der Waals surface area contributed by atoms with Gasteiger partial charge in [-0.15, -0.1) is 0 Å². The van der Waals surface area contributed by atoms with Crippen LogP contribution < -0.4 is 11.1 Å². The highest BCUT2D eigenvalue weighted by Gasteiger charge is 2.05. The van der Waals surface area contributed by atoms with Gasteiger partial charge in [0.15, 0.2) is 11.6 Å². The summed E-state index contributed by atoms with van der Waals surface area (Å²) in [5, 5.41) is 3.44. The second-order valence-electron chi connectivity index (χ2n) is 3.19. The lowest BCUT2D eigenvalue weighted by Gasteiger charge is -2.09. The van der Waals surface area contributed by atoms with Crippen molar-refractivity contribution in [2.24, 2.45) is 0 Å². The zero-order chi connectivity index (χ0) is 11.3. The fourth-order valence-corrected chi connectivity index (χ4v) is 1.37. The molecule has 1 aromatic heterocycles. The van der Waals surface area contributed by atoms with Gasteiger partial charge in [0.1, 0.15) is 0 Å². The van der Waals surface area contributed by atoms with E-state index in [-0.39, 0.29) is 11.8 Å². The Balaban J connectivity index is 2.46. The van der Waals surface area contributed by atoms with E-state index in [2.05, 4.69) is 22.2 Å². The van der Waals surface area contributed by atoms with E-state index in [1.165, 1.54) is 0 Å². The van der Waals surface area contributed by atoms with Crippen LogP contribution in [0, 0.1) is 5.82 Å². The molecular weight excluding hydrogens is 215 g/mol. The summed E-state index contributed by atoms with van der Waals surface area (Å²) in [6.07, 6.45) is 4.07. The molecule has 84 valence electrons. The Kier molecular flexibility index (Phi) is 4.61. The van der Waals surface area contributed by atoms with Gasteiger partial charge in [-0.05, 0) is 12.7 Å². The molecule has 1 unspecified atom stereocenters. The second-order valence-corrected chi connectivity index (χ2v) is 4.46. The summed E-state index contributed by atoms with van der Waals surface area (Å²) in [6.45, 7) is 2.80. The standard InChI is InChI=1S/C9H15FN4S/c1-6(15-2)3-4-12-8-7(10)5-13-9(11)14-8/h5-6H,3-4H2,1-2H3,(H3,11,12,13,14). The highest BCUT2D eigenvalue weighted by atomic mass is 32.2. The van der Waals surface area contributed by atoms with Crippen LogP contribution in [-0.4, -0.2) is 28.0 Å². The van der Waals surface area contributed by atoms with Crippen LogP contribution in [-0.2, 0) is 0 Å². The molecule has 0 fully saturated rings. The van der Waals surface area contributed by atoms with Gasteiger partial charge in [-0.3, -0.25) is 0 Å². The molecule has 1 heterocycles. The Bertz CT molecular complexity index is 321. The van der Waals surface area contributed by atoms with Crippen LogP contribution in [0.15, 0.2) is 6.20 Å². The van der Waals surface area contributed by atoms with E-state index in [0.717, 1.165) is 12.6 Å². The number of nitrogens with zero attached hydrogens (tertiary/aromatic N) is 2. The number of anilines is 2. The molecule has 1 aromatic rings. The van der Waals surface area contributed by atoms with Crippen molar-refractivity contribution in [3.05, 3.63) is 12.0 Å². The van der Waals surface area contributed by atoms with Crippen molar-refractivity contribution in [3.63, 3.8) is 0 Å². The summed E-state index contributed by atoms with van der Waals surface area (Å²) < 4.78 is 13.1. The van der Waals surface area contributed by atoms with Gasteiger partial charge in [0, 0.05) is 11.8 Å². The van der Waals surface area contributed by atoms with Gasteiger partial charge >= 0.3 is 0 Å². The number of hydrogen-bond acceptors (Lipinski definition) is 5. The summed E-state index contributed by atoms with van der Waals surface area (Å²) in [4.78, 5) is 7.32. The van der Waals surface area contributed by atoms with Crippen LogP contribution in [0.3, 0.4) is 0 Å². The minimum Gasteiger partial charge on any atom is -0.368 e. The number of thioether (sulfide) groups is 1. The summed E-state index contributed by atoms with van der Waals surface area (Å²) in [7, 11) is 0. The highest BCUT2D eigenvalue weighted by molar-refractivity contribution is 7.99. The maximum absolute atomic E-state index is 13.1. The van der Waals surface area contributed by atoms with E-state index in [4.69, 9.17) is 5.73 Å². The molecule has 0 spiro atoms. The smallest absolute Gasteiger partial charge is 0.222 e. The lowest BCUT2D eigenvalue weighted by molar-refractivity contribution is 0.617. The van der Waals surface area contributed by atoms with Crippen LogP contribution in [0.25, 0.3) is 0 Å². The maximum Gasteiger partial charge on any atom is 0.222 e. The number of halogens is 1. The summed E-state index contributed by atoms with van der Waals surface area (Å²) in [5.74, 6) is -0.214. The molecule has 0 aliphatic carbocycles. The van der Waals surface area contributed by atoms with Crippen molar-refractivity contribution in [3.8, 4) is 0 Å². The number of aromatic nitrogens is 2. The SMILES string of the molecule is CSC(C)CCNc1nc(N)ncc1F. The van der Waals surface area contributed by atoms with Gasteiger partial charge in [-0.1, -0.05) is 6.92 Å². The molecule has 0 saturated carbocycles. The lowest BCUT2D eigenvalue weighted by atomic mass is 10.3. The van der Waals surface area contributed by atoms with Crippen LogP contribution in [0.5, 0.6) is 0 Å². The van der Waals surface area contributed by atoms with Crippen molar-refractivity contribution in [1.82, 2.24) is 9.97 Å². The number of nitrogen functional groups attached to an aromatic ring is 1. The Hall–Kier alpha value is -1.04. The molecule has 1 rings (SSSR count). The quantitative estimate of drug-likeness (QED) is 0.807. The third-order valence-corrected chi connectivity index (χ3v) is 3.05. The Morgan fingerprint density at radius 1 is 1.67 bits per heavy atom. The Labute approximate surface area is 92.9 Å². The summed E-state index contributed by atoms with van der Waals surface area (Å²) in [5.41, 5.74) is 5.35. The van der Waals surface area contributed by atoms with Crippen LogP contribution in [0.1, 0.15) is 13.3 Å². The van der Waals surface area contributed by atoms with Gasteiger partial charge in [-0.25, -0.2) is 9.37 Å². The molecule has 0 aromatic carbocycles. The van der Waals surface area contributed by atoms with Gasteiger partial charge in [0.05, 0.1) is 6.20 Å². The zero-order valence-electron chi connectivity index (χ0n) is 8.83. The van der Waals surface area contributed by atoms with Crippen LogP contribution in [0.2, 0.25) is 0 Å². The first-order valence-electron chi connectivity index (χ1n) is 4.68. The van der Waals surface area contributed by atoms with E-state index in [0.29, 0.717) is 11.8 Å². The first kappa shape index (κ1) is 12.0. The van der Waals surface area contributed by atoms with E-state index in [9.17, 15) is 4.39 Å². The van der Waals surface area contributed by atoms with Crippen LogP contribution >= 0.6 is 11.8 Å². The van der Waals surface area contributed by atoms with Gasteiger partial charge in [-0.2, -0.15) is 16.7 Å². The molecule has 0 amide bonds. The van der Waals surface area contributed by atoms with Gasteiger partial charge < -0.3 is 11.1 Å². The molecule has 0 saturated heterocycles. The van der Waals surface area contributed by atoms with E-state index in [1.807, 2.05) is 6.26 Å². The molecule has 6 heteroatoms. The average molecular weight is 230 g/mol. The van der Waals surface area contributed by atoms with E-state index in [1.54, 1.807) is 11.8 Å². The van der Waals surface area contributed by atoms with Crippen molar-refractivity contribution in [2.75, 3.05) is 23.9 Å². The zero-order valence-corrected chi connectivity index (χ0v) is 9.64. The van der Waals surface area contributed by atoms with Crippen molar-refractivity contribution >= 4 is 23.5 Å². The molecule has 0 bridgehead atoms. The fraction of sp³-hybridized carbons (Fsp3) is 0.556. The fourth-order valence-electron chi connectivity index (χ4n) is 1.02. The second kappa shape index (κ2) is 5.75.